The van der Waals surface area contributed by atoms with Crippen LogP contribution in [0.15, 0.2) is 0 Å². The summed E-state index contributed by atoms with van der Waals surface area (Å²) >= 11 is 0. The van der Waals surface area contributed by atoms with E-state index in [1.807, 2.05) is 0 Å². The predicted octanol–water partition coefficient (Wildman–Crippen LogP) is 1.65. The number of rotatable bonds is 3. The van der Waals surface area contributed by atoms with Crippen molar-refractivity contribution in [1.29, 1.82) is 0 Å². The lowest BCUT2D eigenvalue weighted by molar-refractivity contribution is -0.0338. The third kappa shape index (κ3) is 3.19. The molecular weight excluding hydrogens is 202 g/mol. The molecule has 0 bridgehead atoms. The van der Waals surface area contributed by atoms with Gasteiger partial charge >= 0.3 is 0 Å². The van der Waals surface area contributed by atoms with Crippen molar-refractivity contribution in [3.8, 4) is 0 Å². The van der Waals surface area contributed by atoms with Gasteiger partial charge in [-0.3, -0.25) is 0 Å². The fourth-order valence-electron chi connectivity index (χ4n) is 2.94. The van der Waals surface area contributed by atoms with Gasteiger partial charge in [-0.1, -0.05) is 12.8 Å². The molecule has 94 valence electrons. The van der Waals surface area contributed by atoms with Crippen LogP contribution in [0.1, 0.15) is 38.5 Å². The Morgan fingerprint density at radius 3 is 2.19 bits per heavy atom. The minimum atomic E-state index is 0.128. The van der Waals surface area contributed by atoms with Gasteiger partial charge in [0.2, 0.25) is 0 Å². The monoisotopic (exact) mass is 227 g/mol. The van der Waals surface area contributed by atoms with Crippen molar-refractivity contribution < 1.29 is 9.84 Å². The molecule has 2 fully saturated rings. The van der Waals surface area contributed by atoms with Crippen LogP contribution in [0.4, 0.5) is 0 Å². The van der Waals surface area contributed by atoms with E-state index in [9.17, 15) is 5.11 Å². The van der Waals surface area contributed by atoms with Crippen LogP contribution in [0.5, 0.6) is 0 Å². The van der Waals surface area contributed by atoms with Gasteiger partial charge in [0.15, 0.2) is 0 Å². The predicted molar refractivity (Wildman–Crippen MR) is 64.5 cm³/mol. The number of ether oxygens (including phenoxy) is 1. The molecule has 2 aliphatic rings. The Balaban J connectivity index is 1.88. The Morgan fingerprint density at radius 1 is 1.00 bits per heavy atom. The van der Waals surface area contributed by atoms with Gasteiger partial charge < -0.3 is 14.7 Å². The third-order valence-corrected chi connectivity index (χ3v) is 4.15. The highest BCUT2D eigenvalue weighted by atomic mass is 16.5. The third-order valence-electron chi connectivity index (χ3n) is 4.15. The quantitative estimate of drug-likeness (QED) is 0.796. The summed E-state index contributed by atoms with van der Waals surface area (Å²) in [4.78, 5) is 2.56. The molecule has 0 aromatic rings. The van der Waals surface area contributed by atoms with E-state index in [4.69, 9.17) is 4.74 Å². The lowest BCUT2D eigenvalue weighted by Gasteiger charge is -2.39. The fraction of sp³-hybridized carbons (Fsp3) is 1.00. The first kappa shape index (κ1) is 12.3. The van der Waals surface area contributed by atoms with Crippen LogP contribution in [0.25, 0.3) is 0 Å². The summed E-state index contributed by atoms with van der Waals surface area (Å²) in [6.07, 6.45) is 7.48. The zero-order valence-corrected chi connectivity index (χ0v) is 10.3. The van der Waals surface area contributed by atoms with Crippen molar-refractivity contribution in [2.24, 2.45) is 5.41 Å². The summed E-state index contributed by atoms with van der Waals surface area (Å²) in [6.45, 7) is 5.51. The molecule has 16 heavy (non-hydrogen) atoms. The van der Waals surface area contributed by atoms with Gasteiger partial charge in [-0.15, -0.1) is 0 Å². The van der Waals surface area contributed by atoms with Crippen LogP contribution in [0, 0.1) is 5.41 Å². The van der Waals surface area contributed by atoms with Crippen LogP contribution < -0.4 is 0 Å². The minimum absolute atomic E-state index is 0.128. The van der Waals surface area contributed by atoms with Crippen LogP contribution in [-0.4, -0.2) is 49.5 Å². The normalized spacial score (nSPS) is 27.6. The highest BCUT2D eigenvalue weighted by Gasteiger charge is 2.33. The summed E-state index contributed by atoms with van der Waals surface area (Å²) in [6, 6.07) is 0. The highest BCUT2D eigenvalue weighted by molar-refractivity contribution is 4.85. The van der Waals surface area contributed by atoms with E-state index in [1.165, 1.54) is 38.8 Å². The summed E-state index contributed by atoms with van der Waals surface area (Å²) in [5.41, 5.74) is 0.128. The Bertz CT molecular complexity index is 194. The van der Waals surface area contributed by atoms with Crippen molar-refractivity contribution in [3.63, 3.8) is 0 Å². The SMILES string of the molecule is OCC1(CN2CCCCCC2)CCOCC1. The van der Waals surface area contributed by atoms with Gasteiger partial charge in [-0.2, -0.15) is 0 Å². The average molecular weight is 227 g/mol. The largest absolute Gasteiger partial charge is 0.396 e. The summed E-state index contributed by atoms with van der Waals surface area (Å²) in [7, 11) is 0. The summed E-state index contributed by atoms with van der Waals surface area (Å²) in [5, 5.41) is 9.66. The number of likely N-dealkylation sites (tertiary alicyclic amines) is 1. The maximum atomic E-state index is 9.66. The lowest BCUT2D eigenvalue weighted by Crippen LogP contribution is -2.44. The first-order chi connectivity index (χ1) is 7.85. The second-order valence-electron chi connectivity index (χ2n) is 5.46. The van der Waals surface area contributed by atoms with Gasteiger partial charge in [-0.25, -0.2) is 0 Å². The van der Waals surface area contributed by atoms with Gasteiger partial charge in [0.05, 0.1) is 6.61 Å². The molecule has 2 heterocycles. The molecule has 2 saturated heterocycles. The van der Waals surface area contributed by atoms with E-state index in [0.29, 0.717) is 6.61 Å². The number of hydrogen-bond acceptors (Lipinski definition) is 3. The zero-order valence-electron chi connectivity index (χ0n) is 10.3. The Morgan fingerprint density at radius 2 is 1.62 bits per heavy atom. The molecule has 0 amide bonds. The molecule has 0 saturated carbocycles. The molecule has 0 atom stereocenters. The van der Waals surface area contributed by atoms with E-state index >= 15 is 0 Å². The molecule has 0 aliphatic carbocycles. The second-order valence-corrected chi connectivity index (χ2v) is 5.46. The first-order valence-corrected chi connectivity index (χ1v) is 6.76. The van der Waals surface area contributed by atoms with Crippen LogP contribution >= 0.6 is 0 Å². The van der Waals surface area contributed by atoms with Crippen molar-refractivity contribution >= 4 is 0 Å². The van der Waals surface area contributed by atoms with Gasteiger partial charge in [0.1, 0.15) is 0 Å². The van der Waals surface area contributed by atoms with Crippen LogP contribution in [0.3, 0.4) is 0 Å². The van der Waals surface area contributed by atoms with Crippen molar-refractivity contribution in [2.75, 3.05) is 39.5 Å². The number of aliphatic hydroxyl groups excluding tert-OH is 1. The van der Waals surface area contributed by atoms with Crippen molar-refractivity contribution in [2.45, 2.75) is 38.5 Å². The molecule has 0 radical (unpaired) electrons. The fourth-order valence-corrected chi connectivity index (χ4v) is 2.94. The van der Waals surface area contributed by atoms with E-state index < -0.39 is 0 Å². The molecule has 3 nitrogen and oxygen atoms in total. The Kier molecular flexibility index (Phi) is 4.62. The minimum Gasteiger partial charge on any atom is -0.396 e. The number of aliphatic hydroxyl groups is 1. The first-order valence-electron chi connectivity index (χ1n) is 6.76. The molecule has 3 heteroatoms. The van der Waals surface area contributed by atoms with Gasteiger partial charge in [0.25, 0.3) is 0 Å². The Hall–Kier alpha value is -0.120. The second kappa shape index (κ2) is 5.99. The molecule has 0 aromatic carbocycles. The molecule has 0 unspecified atom stereocenters. The number of nitrogens with zero attached hydrogens (tertiary/aromatic N) is 1. The van der Waals surface area contributed by atoms with E-state index in [2.05, 4.69) is 4.90 Å². The van der Waals surface area contributed by atoms with Crippen LogP contribution in [0.2, 0.25) is 0 Å². The van der Waals surface area contributed by atoms with Gasteiger partial charge in [0, 0.05) is 25.2 Å². The van der Waals surface area contributed by atoms with E-state index in [-0.39, 0.29) is 5.41 Å². The smallest absolute Gasteiger partial charge is 0.0501 e. The van der Waals surface area contributed by atoms with Crippen molar-refractivity contribution in [1.82, 2.24) is 4.90 Å². The highest BCUT2D eigenvalue weighted by Crippen LogP contribution is 2.31. The lowest BCUT2D eigenvalue weighted by atomic mass is 9.80. The molecule has 2 aliphatic heterocycles. The molecule has 2 rings (SSSR count). The maximum Gasteiger partial charge on any atom is 0.0501 e. The molecule has 1 N–H and O–H groups in total. The average Bonchev–Trinajstić information content (AvgIpc) is 2.59. The van der Waals surface area contributed by atoms with Crippen LogP contribution in [-0.2, 0) is 4.74 Å². The molecule has 0 spiro atoms. The maximum absolute atomic E-state index is 9.66. The molecule has 0 aromatic heterocycles. The van der Waals surface area contributed by atoms with Crippen molar-refractivity contribution in [3.05, 3.63) is 0 Å². The topological polar surface area (TPSA) is 32.7 Å². The van der Waals surface area contributed by atoms with Gasteiger partial charge in [-0.05, 0) is 38.8 Å². The summed E-state index contributed by atoms with van der Waals surface area (Å²) in [5.74, 6) is 0. The van der Waals surface area contributed by atoms with E-state index in [0.717, 1.165) is 32.6 Å². The van der Waals surface area contributed by atoms with E-state index in [1.54, 1.807) is 0 Å². The summed E-state index contributed by atoms with van der Waals surface area (Å²) < 4.78 is 5.41. The molecular formula is C13H25NO2. The number of hydrogen-bond donors (Lipinski definition) is 1. The standard InChI is InChI=1S/C13H25NO2/c15-12-13(5-9-16-10-6-13)11-14-7-3-1-2-4-8-14/h15H,1-12H2. The zero-order chi connectivity index (χ0) is 11.3. The Labute approximate surface area is 98.8 Å².